The van der Waals surface area contributed by atoms with Crippen LogP contribution in [0.1, 0.15) is 226 Å². The van der Waals surface area contributed by atoms with Gasteiger partial charge < -0.3 is 14.2 Å². The number of hydrogen-bond acceptors (Lipinski definition) is 5. The average Bonchev–Trinajstić information content (AvgIpc) is 3.25. The van der Waals surface area contributed by atoms with Crippen molar-refractivity contribution in [3.63, 3.8) is 0 Å². The summed E-state index contributed by atoms with van der Waals surface area (Å²) in [6.45, 7) is 7.54. The Labute approximate surface area is 371 Å². The summed E-state index contributed by atoms with van der Waals surface area (Å²) < 4.78 is 17.4. The Morgan fingerprint density at radius 2 is 0.750 bits per heavy atom. The van der Waals surface area contributed by atoms with Crippen LogP contribution < -0.4 is 0 Å². The van der Waals surface area contributed by atoms with E-state index >= 15 is 0 Å². The van der Waals surface area contributed by atoms with Crippen molar-refractivity contribution >= 4 is 11.9 Å². The van der Waals surface area contributed by atoms with Gasteiger partial charge in [-0.15, -0.1) is 0 Å². The predicted molar refractivity (Wildman–Crippen MR) is 260 cm³/mol. The lowest BCUT2D eigenvalue weighted by molar-refractivity contribution is -0.163. The largest absolute Gasteiger partial charge is 0.462 e. The quantitative estimate of drug-likeness (QED) is 0.0347. The van der Waals surface area contributed by atoms with E-state index in [4.69, 9.17) is 14.2 Å². The molecule has 5 heteroatoms. The van der Waals surface area contributed by atoms with Crippen LogP contribution in [0.5, 0.6) is 0 Å². The standard InChI is InChI=1S/C55H94O5/c1-4-7-10-13-16-19-22-25-26-27-28-29-32-35-38-41-44-47-50-58-51-53(60-55(57)49-46-43-40-37-34-31-24-21-18-15-12-9-6-3)52-59-54(56)48-45-42-39-36-33-30-23-20-17-14-11-8-5-2/h7,10-12,14-16,19-21,23-26,53H,4-6,8-9,13,17-18,22,27-52H2,1-3H3/b10-7-,14-11-,15-12-,19-16-,23-20-,24-21-,26-25-. The lowest BCUT2D eigenvalue weighted by atomic mass is 10.1. The van der Waals surface area contributed by atoms with Gasteiger partial charge in [-0.05, 0) is 103 Å². The van der Waals surface area contributed by atoms with Crippen molar-refractivity contribution in [1.29, 1.82) is 0 Å². The molecule has 0 radical (unpaired) electrons. The van der Waals surface area contributed by atoms with Crippen LogP contribution in [0.25, 0.3) is 0 Å². The molecule has 344 valence electrons. The zero-order valence-electron chi connectivity index (χ0n) is 39.5. The monoisotopic (exact) mass is 835 g/mol. The van der Waals surface area contributed by atoms with E-state index in [0.717, 1.165) is 109 Å². The van der Waals surface area contributed by atoms with E-state index in [1.165, 1.54) is 83.5 Å². The van der Waals surface area contributed by atoms with E-state index in [1.54, 1.807) is 0 Å². The maximum absolute atomic E-state index is 12.8. The second-order valence-corrected chi connectivity index (χ2v) is 16.3. The minimum absolute atomic E-state index is 0.0657. The highest BCUT2D eigenvalue weighted by atomic mass is 16.6. The maximum Gasteiger partial charge on any atom is 0.306 e. The molecule has 0 bridgehead atoms. The van der Waals surface area contributed by atoms with Gasteiger partial charge in [-0.1, -0.05) is 196 Å². The highest BCUT2D eigenvalue weighted by molar-refractivity contribution is 5.70. The Morgan fingerprint density at radius 1 is 0.383 bits per heavy atom. The summed E-state index contributed by atoms with van der Waals surface area (Å²) in [5.74, 6) is -0.436. The van der Waals surface area contributed by atoms with Gasteiger partial charge in [0.05, 0.1) is 6.61 Å². The number of esters is 2. The fraction of sp³-hybridized carbons (Fsp3) is 0.709. The molecule has 0 amide bonds. The van der Waals surface area contributed by atoms with E-state index in [9.17, 15) is 9.59 Å². The Balaban J connectivity index is 4.31. The van der Waals surface area contributed by atoms with Gasteiger partial charge in [0.2, 0.25) is 0 Å². The number of rotatable bonds is 45. The van der Waals surface area contributed by atoms with Crippen LogP contribution in [-0.2, 0) is 23.8 Å². The molecule has 0 N–H and O–H groups in total. The lowest BCUT2D eigenvalue weighted by Gasteiger charge is -2.18. The Bertz CT molecular complexity index is 1130. The number of ether oxygens (including phenoxy) is 3. The second-order valence-electron chi connectivity index (χ2n) is 16.3. The van der Waals surface area contributed by atoms with Crippen molar-refractivity contribution < 1.29 is 23.8 Å². The first-order valence-electron chi connectivity index (χ1n) is 25.1. The van der Waals surface area contributed by atoms with E-state index in [0.29, 0.717) is 19.4 Å². The average molecular weight is 835 g/mol. The van der Waals surface area contributed by atoms with Gasteiger partial charge in [0.15, 0.2) is 6.10 Å². The van der Waals surface area contributed by atoms with Crippen molar-refractivity contribution in [3.8, 4) is 0 Å². The predicted octanol–water partition coefficient (Wildman–Crippen LogP) is 16.9. The van der Waals surface area contributed by atoms with E-state index in [1.807, 2.05) is 0 Å². The van der Waals surface area contributed by atoms with Gasteiger partial charge in [0, 0.05) is 19.4 Å². The zero-order chi connectivity index (χ0) is 43.5. The molecule has 0 aliphatic heterocycles. The molecule has 0 rings (SSSR count). The van der Waals surface area contributed by atoms with Gasteiger partial charge >= 0.3 is 11.9 Å². The number of carbonyl (C=O) groups is 2. The number of allylic oxidation sites excluding steroid dienone is 14. The van der Waals surface area contributed by atoms with E-state index in [-0.39, 0.29) is 25.2 Å². The summed E-state index contributed by atoms with van der Waals surface area (Å²) in [5.41, 5.74) is 0. The Hall–Kier alpha value is -2.92. The van der Waals surface area contributed by atoms with Crippen LogP contribution in [0, 0.1) is 0 Å². The van der Waals surface area contributed by atoms with Gasteiger partial charge in [0.1, 0.15) is 6.61 Å². The van der Waals surface area contributed by atoms with Crippen LogP contribution in [0.3, 0.4) is 0 Å². The first-order valence-corrected chi connectivity index (χ1v) is 25.1. The molecule has 0 saturated heterocycles. The fourth-order valence-corrected chi connectivity index (χ4v) is 6.66. The van der Waals surface area contributed by atoms with Crippen LogP contribution in [0.4, 0.5) is 0 Å². The molecule has 1 atom stereocenters. The summed E-state index contributed by atoms with van der Waals surface area (Å²) in [4.78, 5) is 25.3. The molecule has 0 saturated carbocycles. The molecule has 1 unspecified atom stereocenters. The molecule has 0 aromatic rings. The number of unbranched alkanes of at least 4 members (excludes halogenated alkanes) is 20. The molecule has 0 aromatic heterocycles. The summed E-state index contributed by atoms with van der Waals surface area (Å²) >= 11 is 0. The maximum atomic E-state index is 12.8. The summed E-state index contributed by atoms with van der Waals surface area (Å²) in [6.07, 6.45) is 65.9. The van der Waals surface area contributed by atoms with Crippen molar-refractivity contribution in [2.75, 3.05) is 19.8 Å². The third kappa shape index (κ3) is 47.8. The zero-order valence-corrected chi connectivity index (χ0v) is 39.5. The smallest absolute Gasteiger partial charge is 0.306 e. The molecule has 0 aromatic carbocycles. The third-order valence-corrected chi connectivity index (χ3v) is 10.3. The number of carbonyl (C=O) groups excluding carboxylic acids is 2. The van der Waals surface area contributed by atoms with Crippen molar-refractivity contribution in [2.24, 2.45) is 0 Å². The van der Waals surface area contributed by atoms with Crippen LogP contribution in [0.15, 0.2) is 85.1 Å². The summed E-state index contributed by atoms with van der Waals surface area (Å²) in [5, 5.41) is 0. The molecule has 0 aliphatic rings. The van der Waals surface area contributed by atoms with E-state index < -0.39 is 6.10 Å². The molecule has 0 aliphatic carbocycles. The highest BCUT2D eigenvalue weighted by Crippen LogP contribution is 2.13. The fourth-order valence-electron chi connectivity index (χ4n) is 6.66. The first-order chi connectivity index (χ1) is 29.6. The lowest BCUT2D eigenvalue weighted by Crippen LogP contribution is -2.30. The molecule has 0 heterocycles. The third-order valence-electron chi connectivity index (χ3n) is 10.3. The highest BCUT2D eigenvalue weighted by Gasteiger charge is 2.17. The molecule has 0 spiro atoms. The topological polar surface area (TPSA) is 61.8 Å². The van der Waals surface area contributed by atoms with Gasteiger partial charge in [0.25, 0.3) is 0 Å². The van der Waals surface area contributed by atoms with Crippen molar-refractivity contribution in [1.82, 2.24) is 0 Å². The van der Waals surface area contributed by atoms with E-state index in [2.05, 4.69) is 106 Å². The van der Waals surface area contributed by atoms with Crippen molar-refractivity contribution in [2.45, 2.75) is 232 Å². The van der Waals surface area contributed by atoms with Crippen LogP contribution >= 0.6 is 0 Å². The normalized spacial score (nSPS) is 12.9. The number of hydrogen-bond donors (Lipinski definition) is 0. The summed E-state index contributed by atoms with van der Waals surface area (Å²) in [7, 11) is 0. The minimum Gasteiger partial charge on any atom is -0.462 e. The molecular formula is C55H94O5. The Morgan fingerprint density at radius 3 is 1.20 bits per heavy atom. The minimum atomic E-state index is -0.556. The molecule has 0 fully saturated rings. The van der Waals surface area contributed by atoms with Gasteiger partial charge in [-0.3, -0.25) is 9.59 Å². The molecule has 60 heavy (non-hydrogen) atoms. The molecule has 5 nitrogen and oxygen atoms in total. The van der Waals surface area contributed by atoms with Gasteiger partial charge in [-0.25, -0.2) is 0 Å². The Kier molecular flexibility index (Phi) is 48.0. The molecular weight excluding hydrogens is 741 g/mol. The SMILES string of the molecule is CC/C=C\C/C=C\C/C=C\CCCCCCCCCCOCC(COC(=O)CCCCCCC/C=C\C/C=C\CCC)OC(=O)CCCCCCC/C=C\C/C=C\CCC. The van der Waals surface area contributed by atoms with Gasteiger partial charge in [-0.2, -0.15) is 0 Å². The summed E-state index contributed by atoms with van der Waals surface area (Å²) in [6, 6.07) is 0. The second kappa shape index (κ2) is 50.4. The first kappa shape index (κ1) is 57.1. The van der Waals surface area contributed by atoms with Crippen molar-refractivity contribution in [3.05, 3.63) is 85.1 Å². The van der Waals surface area contributed by atoms with Crippen LogP contribution in [0.2, 0.25) is 0 Å². The van der Waals surface area contributed by atoms with Crippen LogP contribution in [-0.4, -0.2) is 37.9 Å².